The third kappa shape index (κ3) is 1.15. The van der Waals surface area contributed by atoms with Crippen molar-refractivity contribution < 1.29 is 9.53 Å². The fraction of sp³-hybridized carbons (Fsp3) is 0.889. The van der Waals surface area contributed by atoms with E-state index in [1.165, 1.54) is 12.8 Å². The van der Waals surface area contributed by atoms with E-state index in [0.29, 0.717) is 18.4 Å². The van der Waals surface area contributed by atoms with Gasteiger partial charge in [0.1, 0.15) is 0 Å². The minimum Gasteiger partial charge on any atom is -0.465 e. The van der Waals surface area contributed by atoms with E-state index in [9.17, 15) is 4.79 Å². The van der Waals surface area contributed by atoms with E-state index in [1.807, 2.05) is 0 Å². The topological polar surface area (TPSA) is 26.3 Å². The lowest BCUT2D eigenvalue weighted by Gasteiger charge is -2.36. The summed E-state index contributed by atoms with van der Waals surface area (Å²) in [5, 5.41) is 0. The van der Waals surface area contributed by atoms with E-state index in [0.717, 1.165) is 6.42 Å². The van der Waals surface area contributed by atoms with Crippen molar-refractivity contribution in [3.05, 3.63) is 0 Å². The molecule has 2 heteroatoms. The molecule has 3 atom stereocenters. The zero-order valence-corrected chi connectivity index (χ0v) is 6.88. The maximum Gasteiger partial charge on any atom is 0.309 e. The molecule has 2 aliphatic rings. The molecule has 2 bridgehead atoms. The van der Waals surface area contributed by atoms with Crippen LogP contribution in [0.4, 0.5) is 0 Å². The number of ether oxygens (including phenoxy) is 1. The van der Waals surface area contributed by atoms with Crippen molar-refractivity contribution >= 4 is 5.97 Å². The fourth-order valence-corrected chi connectivity index (χ4v) is 2.20. The van der Waals surface area contributed by atoms with Gasteiger partial charge >= 0.3 is 5.97 Å². The number of fused-ring (bicyclic) bond motifs is 2. The van der Waals surface area contributed by atoms with Gasteiger partial charge in [-0.3, -0.25) is 4.79 Å². The van der Waals surface area contributed by atoms with Gasteiger partial charge in [-0.2, -0.15) is 0 Å². The molecular weight excluding hydrogens is 140 g/mol. The van der Waals surface area contributed by atoms with E-state index < -0.39 is 0 Å². The van der Waals surface area contributed by atoms with Crippen LogP contribution in [0.1, 0.15) is 26.2 Å². The molecule has 0 aromatic rings. The van der Waals surface area contributed by atoms with Crippen molar-refractivity contribution in [1.82, 2.24) is 0 Å². The molecule has 0 aromatic heterocycles. The minimum atomic E-state index is 0.0495. The number of rotatable bonds is 0. The number of carbonyl (C=O) groups excluding carboxylic acids is 1. The summed E-state index contributed by atoms with van der Waals surface area (Å²) in [5.74, 6) is 1.50. The summed E-state index contributed by atoms with van der Waals surface area (Å²) in [6, 6.07) is 0. The highest BCUT2D eigenvalue weighted by Gasteiger charge is 2.37. The Morgan fingerprint density at radius 1 is 1.45 bits per heavy atom. The molecule has 0 N–H and O–H groups in total. The summed E-state index contributed by atoms with van der Waals surface area (Å²) in [6.07, 6.45) is 3.55. The molecule has 2 fully saturated rings. The highest BCUT2D eigenvalue weighted by atomic mass is 16.5. The molecule has 0 radical (unpaired) electrons. The second-order valence-electron chi connectivity index (χ2n) is 3.89. The summed E-state index contributed by atoms with van der Waals surface area (Å²) in [5.41, 5.74) is 0. The Morgan fingerprint density at radius 2 is 2.27 bits per heavy atom. The van der Waals surface area contributed by atoms with Gasteiger partial charge in [0, 0.05) is 0 Å². The highest BCUT2D eigenvalue weighted by Crippen LogP contribution is 2.37. The monoisotopic (exact) mass is 154 g/mol. The second-order valence-corrected chi connectivity index (χ2v) is 3.89. The zero-order chi connectivity index (χ0) is 7.84. The summed E-state index contributed by atoms with van der Waals surface area (Å²) in [6.45, 7) is 2.84. The van der Waals surface area contributed by atoms with Crippen molar-refractivity contribution in [3.63, 3.8) is 0 Å². The number of hydrogen-bond donors (Lipinski definition) is 0. The van der Waals surface area contributed by atoms with Gasteiger partial charge in [-0.15, -0.1) is 0 Å². The number of carbonyl (C=O) groups is 1. The summed E-state index contributed by atoms with van der Waals surface area (Å²) in [7, 11) is 0. The predicted molar refractivity (Wildman–Crippen MR) is 41.0 cm³/mol. The Bertz CT molecular complexity index is 176. The number of cyclic esters (lactones) is 1. The van der Waals surface area contributed by atoms with Gasteiger partial charge in [-0.05, 0) is 31.1 Å². The van der Waals surface area contributed by atoms with Crippen LogP contribution in [-0.2, 0) is 9.53 Å². The second kappa shape index (κ2) is 2.50. The Hall–Kier alpha value is -0.530. The number of hydrogen-bond acceptors (Lipinski definition) is 2. The quantitative estimate of drug-likeness (QED) is 0.495. The molecule has 1 saturated heterocycles. The SMILES string of the molecule is CC1CCC2COC(=O)C1C2. The van der Waals surface area contributed by atoms with Crippen LogP contribution in [0.3, 0.4) is 0 Å². The third-order valence-electron chi connectivity index (χ3n) is 3.07. The van der Waals surface area contributed by atoms with Gasteiger partial charge in [-0.1, -0.05) is 6.92 Å². The molecule has 0 aromatic carbocycles. The highest BCUT2D eigenvalue weighted by molar-refractivity contribution is 5.73. The predicted octanol–water partition coefficient (Wildman–Crippen LogP) is 1.60. The average molecular weight is 154 g/mol. The van der Waals surface area contributed by atoms with Crippen LogP contribution >= 0.6 is 0 Å². The lowest BCUT2D eigenvalue weighted by Crippen LogP contribution is -2.38. The van der Waals surface area contributed by atoms with Gasteiger partial charge < -0.3 is 4.74 Å². The summed E-state index contributed by atoms with van der Waals surface area (Å²) >= 11 is 0. The van der Waals surface area contributed by atoms with Crippen LogP contribution in [0, 0.1) is 17.8 Å². The molecule has 3 unspecified atom stereocenters. The van der Waals surface area contributed by atoms with Gasteiger partial charge in [-0.25, -0.2) is 0 Å². The van der Waals surface area contributed by atoms with Gasteiger partial charge in [0.05, 0.1) is 12.5 Å². The lowest BCUT2D eigenvalue weighted by molar-refractivity contribution is -0.161. The van der Waals surface area contributed by atoms with E-state index >= 15 is 0 Å². The molecule has 62 valence electrons. The Kier molecular flexibility index (Phi) is 1.63. The van der Waals surface area contributed by atoms with Crippen LogP contribution in [0.5, 0.6) is 0 Å². The van der Waals surface area contributed by atoms with Gasteiger partial charge in [0.15, 0.2) is 0 Å². The van der Waals surface area contributed by atoms with E-state index in [4.69, 9.17) is 4.74 Å². The van der Waals surface area contributed by atoms with Crippen LogP contribution in [0.25, 0.3) is 0 Å². The molecule has 1 saturated carbocycles. The van der Waals surface area contributed by atoms with Crippen molar-refractivity contribution in [3.8, 4) is 0 Å². The summed E-state index contributed by atoms with van der Waals surface area (Å²) < 4.78 is 5.08. The Balaban J connectivity index is 2.11. The molecular formula is C9H14O2. The van der Waals surface area contributed by atoms with E-state index in [2.05, 4.69) is 6.92 Å². The largest absolute Gasteiger partial charge is 0.465 e. The average Bonchev–Trinajstić information content (AvgIpc) is 2.02. The minimum absolute atomic E-state index is 0.0495. The number of esters is 1. The maximum absolute atomic E-state index is 11.2. The third-order valence-corrected chi connectivity index (χ3v) is 3.07. The van der Waals surface area contributed by atoms with Crippen molar-refractivity contribution in [2.45, 2.75) is 26.2 Å². The van der Waals surface area contributed by atoms with Crippen LogP contribution in [0.2, 0.25) is 0 Å². The first-order chi connectivity index (χ1) is 5.27. The van der Waals surface area contributed by atoms with Crippen LogP contribution in [-0.4, -0.2) is 12.6 Å². The van der Waals surface area contributed by atoms with Crippen molar-refractivity contribution in [2.24, 2.45) is 17.8 Å². The van der Waals surface area contributed by atoms with E-state index in [1.54, 1.807) is 0 Å². The van der Waals surface area contributed by atoms with Gasteiger partial charge in [0.2, 0.25) is 0 Å². The van der Waals surface area contributed by atoms with Crippen molar-refractivity contribution in [2.75, 3.05) is 6.61 Å². The molecule has 1 aliphatic carbocycles. The molecule has 1 aliphatic heterocycles. The fourth-order valence-electron chi connectivity index (χ4n) is 2.20. The molecule has 2 nitrogen and oxygen atoms in total. The lowest BCUT2D eigenvalue weighted by atomic mass is 9.74. The van der Waals surface area contributed by atoms with Gasteiger partial charge in [0.25, 0.3) is 0 Å². The first-order valence-corrected chi connectivity index (χ1v) is 4.44. The summed E-state index contributed by atoms with van der Waals surface area (Å²) in [4.78, 5) is 11.2. The molecule has 0 amide bonds. The normalized spacial score (nSPS) is 43.4. The Labute approximate surface area is 66.9 Å². The molecule has 11 heavy (non-hydrogen) atoms. The van der Waals surface area contributed by atoms with Crippen LogP contribution < -0.4 is 0 Å². The standard InChI is InChI=1S/C9H14O2/c1-6-2-3-7-4-8(6)9(10)11-5-7/h6-8H,2-5H2,1H3. The van der Waals surface area contributed by atoms with E-state index in [-0.39, 0.29) is 11.9 Å². The first-order valence-electron chi connectivity index (χ1n) is 4.44. The Morgan fingerprint density at radius 3 is 3.00 bits per heavy atom. The molecule has 0 spiro atoms. The maximum atomic E-state index is 11.2. The van der Waals surface area contributed by atoms with Crippen molar-refractivity contribution in [1.29, 1.82) is 0 Å². The molecule has 1 heterocycles. The smallest absolute Gasteiger partial charge is 0.309 e. The van der Waals surface area contributed by atoms with Crippen LogP contribution in [0.15, 0.2) is 0 Å². The first kappa shape index (κ1) is 7.14. The molecule has 2 rings (SSSR count). The zero-order valence-electron chi connectivity index (χ0n) is 6.88.